The normalized spacial score (nSPS) is 24.5. The van der Waals surface area contributed by atoms with E-state index in [1.807, 2.05) is 0 Å². The van der Waals surface area contributed by atoms with E-state index >= 15 is 0 Å². The van der Waals surface area contributed by atoms with Crippen LogP contribution in [0, 0.1) is 0 Å². The van der Waals surface area contributed by atoms with Crippen LogP contribution in [0.3, 0.4) is 0 Å². The number of carbonyl (C=O) groups is 1. The molecule has 19 heavy (non-hydrogen) atoms. The Bertz CT molecular complexity index is 264. The molecular formula is C13H25N3O3. The zero-order chi connectivity index (χ0) is 13.3. The van der Waals surface area contributed by atoms with Gasteiger partial charge in [0.2, 0.25) is 5.91 Å². The molecule has 0 saturated carbocycles. The Morgan fingerprint density at radius 1 is 1.26 bits per heavy atom. The highest BCUT2D eigenvalue weighted by Gasteiger charge is 2.15. The molecule has 2 aliphatic rings. The molecule has 2 saturated heterocycles. The van der Waals surface area contributed by atoms with Crippen molar-refractivity contribution in [1.29, 1.82) is 0 Å². The lowest BCUT2D eigenvalue weighted by atomic mass is 10.2. The summed E-state index contributed by atoms with van der Waals surface area (Å²) in [5.74, 6) is 0.0613. The first-order valence-corrected chi connectivity index (χ1v) is 7.24. The Hall–Kier alpha value is -0.690. The van der Waals surface area contributed by atoms with Crippen molar-refractivity contribution < 1.29 is 14.3 Å². The van der Waals surface area contributed by atoms with E-state index in [9.17, 15) is 4.79 Å². The van der Waals surface area contributed by atoms with Crippen LogP contribution >= 0.6 is 0 Å². The number of amides is 1. The molecule has 2 rings (SSSR count). The topological polar surface area (TPSA) is 62.8 Å². The number of nitrogens with one attached hydrogen (secondary N) is 2. The summed E-state index contributed by atoms with van der Waals surface area (Å²) >= 11 is 0. The molecule has 0 spiro atoms. The first kappa shape index (κ1) is 14.7. The Labute approximate surface area is 114 Å². The van der Waals surface area contributed by atoms with Crippen LogP contribution in [0.25, 0.3) is 0 Å². The molecule has 110 valence electrons. The molecule has 0 radical (unpaired) electrons. The average molecular weight is 271 g/mol. The van der Waals surface area contributed by atoms with Crippen LogP contribution in [0.15, 0.2) is 0 Å². The van der Waals surface area contributed by atoms with Gasteiger partial charge in [-0.3, -0.25) is 9.69 Å². The van der Waals surface area contributed by atoms with Gasteiger partial charge in [0.1, 0.15) is 0 Å². The lowest BCUT2D eigenvalue weighted by Gasteiger charge is -2.26. The van der Waals surface area contributed by atoms with Gasteiger partial charge in [-0.05, 0) is 12.8 Å². The van der Waals surface area contributed by atoms with Crippen molar-refractivity contribution in [1.82, 2.24) is 15.5 Å². The minimum absolute atomic E-state index is 0.0613. The predicted octanol–water partition coefficient (Wildman–Crippen LogP) is -0.797. The molecule has 6 nitrogen and oxygen atoms in total. The summed E-state index contributed by atoms with van der Waals surface area (Å²) in [6, 6.07) is 0. The summed E-state index contributed by atoms with van der Waals surface area (Å²) in [5, 5.41) is 6.08. The van der Waals surface area contributed by atoms with E-state index < -0.39 is 0 Å². The molecule has 0 aromatic carbocycles. The summed E-state index contributed by atoms with van der Waals surface area (Å²) in [5.41, 5.74) is 0. The van der Waals surface area contributed by atoms with Crippen LogP contribution < -0.4 is 10.6 Å². The van der Waals surface area contributed by atoms with Crippen LogP contribution in [0.2, 0.25) is 0 Å². The van der Waals surface area contributed by atoms with Crippen molar-refractivity contribution >= 4 is 5.91 Å². The summed E-state index contributed by atoms with van der Waals surface area (Å²) in [6.07, 6.45) is 2.53. The van der Waals surface area contributed by atoms with Gasteiger partial charge in [-0.25, -0.2) is 0 Å². The fourth-order valence-electron chi connectivity index (χ4n) is 2.39. The molecule has 0 aromatic heterocycles. The number of nitrogens with zero attached hydrogens (tertiary/aromatic N) is 1. The third kappa shape index (κ3) is 5.86. The molecule has 0 bridgehead atoms. The molecule has 6 heteroatoms. The highest BCUT2D eigenvalue weighted by molar-refractivity contribution is 5.77. The Kier molecular flexibility index (Phi) is 6.56. The molecule has 0 aromatic rings. The van der Waals surface area contributed by atoms with E-state index in [1.165, 1.54) is 0 Å². The molecule has 2 heterocycles. The van der Waals surface area contributed by atoms with Crippen molar-refractivity contribution in [2.45, 2.75) is 18.9 Å². The molecule has 2 aliphatic heterocycles. The minimum Gasteiger partial charge on any atom is -0.379 e. The number of hydrogen-bond donors (Lipinski definition) is 2. The van der Waals surface area contributed by atoms with Gasteiger partial charge in [0.25, 0.3) is 0 Å². The molecule has 2 fully saturated rings. The number of ether oxygens (including phenoxy) is 2. The lowest BCUT2D eigenvalue weighted by molar-refractivity contribution is -0.120. The molecule has 1 atom stereocenters. The molecule has 1 amide bonds. The van der Waals surface area contributed by atoms with E-state index in [-0.39, 0.29) is 5.91 Å². The second kappa shape index (κ2) is 8.47. The van der Waals surface area contributed by atoms with Gasteiger partial charge in [0.15, 0.2) is 0 Å². The van der Waals surface area contributed by atoms with Crippen LogP contribution in [0.5, 0.6) is 0 Å². The van der Waals surface area contributed by atoms with Crippen LogP contribution in [-0.2, 0) is 14.3 Å². The fraction of sp³-hybridized carbons (Fsp3) is 0.923. The maximum Gasteiger partial charge on any atom is 0.234 e. The predicted molar refractivity (Wildman–Crippen MR) is 72.1 cm³/mol. The number of carbonyl (C=O) groups excluding carboxylic acids is 1. The third-order valence-corrected chi connectivity index (χ3v) is 3.54. The summed E-state index contributed by atoms with van der Waals surface area (Å²) in [4.78, 5) is 13.9. The van der Waals surface area contributed by atoms with Crippen LogP contribution in [-0.4, -0.2) is 76.0 Å². The Morgan fingerprint density at radius 3 is 2.84 bits per heavy atom. The lowest BCUT2D eigenvalue weighted by Crippen LogP contribution is -2.43. The van der Waals surface area contributed by atoms with Gasteiger partial charge < -0.3 is 20.1 Å². The van der Waals surface area contributed by atoms with Gasteiger partial charge in [0.05, 0.1) is 25.9 Å². The standard InChI is InChI=1S/C13H25N3O3/c17-13(11-14-10-12-2-1-7-19-12)15-3-4-16-5-8-18-9-6-16/h12,14H,1-11H2,(H,15,17). The second-order valence-corrected chi connectivity index (χ2v) is 5.07. The van der Waals surface area contributed by atoms with E-state index in [1.54, 1.807) is 0 Å². The van der Waals surface area contributed by atoms with Crippen molar-refractivity contribution in [3.05, 3.63) is 0 Å². The smallest absolute Gasteiger partial charge is 0.234 e. The van der Waals surface area contributed by atoms with Crippen molar-refractivity contribution in [2.24, 2.45) is 0 Å². The maximum absolute atomic E-state index is 11.6. The average Bonchev–Trinajstić information content (AvgIpc) is 2.93. The van der Waals surface area contributed by atoms with Gasteiger partial charge in [-0.1, -0.05) is 0 Å². The number of morpholine rings is 1. The second-order valence-electron chi connectivity index (χ2n) is 5.07. The largest absolute Gasteiger partial charge is 0.379 e. The van der Waals surface area contributed by atoms with Gasteiger partial charge in [0, 0.05) is 39.3 Å². The van der Waals surface area contributed by atoms with E-state index in [4.69, 9.17) is 9.47 Å². The van der Waals surface area contributed by atoms with E-state index in [0.717, 1.165) is 58.8 Å². The van der Waals surface area contributed by atoms with Gasteiger partial charge in [-0.2, -0.15) is 0 Å². The molecular weight excluding hydrogens is 246 g/mol. The zero-order valence-corrected chi connectivity index (χ0v) is 11.5. The van der Waals surface area contributed by atoms with Gasteiger partial charge >= 0.3 is 0 Å². The first-order chi connectivity index (χ1) is 9.34. The highest BCUT2D eigenvalue weighted by Crippen LogP contribution is 2.10. The molecule has 2 N–H and O–H groups in total. The van der Waals surface area contributed by atoms with Crippen molar-refractivity contribution in [2.75, 3.05) is 59.1 Å². The van der Waals surface area contributed by atoms with Crippen LogP contribution in [0.4, 0.5) is 0 Å². The van der Waals surface area contributed by atoms with E-state index in [0.29, 0.717) is 19.2 Å². The molecule has 1 unspecified atom stereocenters. The maximum atomic E-state index is 11.6. The van der Waals surface area contributed by atoms with Gasteiger partial charge in [-0.15, -0.1) is 0 Å². The fourth-order valence-corrected chi connectivity index (χ4v) is 2.39. The third-order valence-electron chi connectivity index (χ3n) is 3.54. The summed E-state index contributed by atoms with van der Waals surface area (Å²) in [6.45, 7) is 7.16. The monoisotopic (exact) mass is 271 g/mol. The molecule has 0 aliphatic carbocycles. The highest BCUT2D eigenvalue weighted by atomic mass is 16.5. The van der Waals surface area contributed by atoms with Crippen molar-refractivity contribution in [3.63, 3.8) is 0 Å². The number of rotatable bonds is 7. The van der Waals surface area contributed by atoms with Crippen LogP contribution in [0.1, 0.15) is 12.8 Å². The minimum atomic E-state index is 0.0613. The summed E-state index contributed by atoms with van der Waals surface area (Å²) in [7, 11) is 0. The first-order valence-electron chi connectivity index (χ1n) is 7.24. The zero-order valence-electron chi connectivity index (χ0n) is 11.5. The van der Waals surface area contributed by atoms with Crippen molar-refractivity contribution in [3.8, 4) is 0 Å². The SMILES string of the molecule is O=C(CNCC1CCCO1)NCCN1CCOCC1. The quantitative estimate of drug-likeness (QED) is 0.635. The number of hydrogen-bond acceptors (Lipinski definition) is 5. The Balaban J connectivity index is 1.44. The summed E-state index contributed by atoms with van der Waals surface area (Å²) < 4.78 is 10.8. The Morgan fingerprint density at radius 2 is 2.11 bits per heavy atom. The van der Waals surface area contributed by atoms with E-state index in [2.05, 4.69) is 15.5 Å².